The van der Waals surface area contributed by atoms with Gasteiger partial charge in [-0.05, 0) is 30.0 Å². The van der Waals surface area contributed by atoms with Crippen molar-refractivity contribution in [1.29, 1.82) is 0 Å². The van der Waals surface area contributed by atoms with Gasteiger partial charge in [0.15, 0.2) is 0 Å². The van der Waals surface area contributed by atoms with E-state index in [2.05, 4.69) is 47.1 Å². The topological polar surface area (TPSA) is 26.0 Å². The highest BCUT2D eigenvalue weighted by atomic mass is 79.9. The van der Waals surface area contributed by atoms with Crippen LogP contribution in [-0.2, 0) is 5.54 Å². The lowest BCUT2D eigenvalue weighted by Crippen LogP contribution is -2.21. The Hall–Kier alpha value is -0.340. The third kappa shape index (κ3) is 1.53. The number of nitrogens with two attached hydrogens (primary N) is 1. The van der Waals surface area contributed by atoms with Crippen molar-refractivity contribution in [2.45, 2.75) is 25.3 Å². The molecular formula is C11H14BrN. The summed E-state index contributed by atoms with van der Waals surface area (Å²) in [6, 6.07) is 8.38. The second kappa shape index (κ2) is 3.10. The molecule has 1 fully saturated rings. The summed E-state index contributed by atoms with van der Waals surface area (Å²) in [6.45, 7) is 2.21. The highest BCUT2D eigenvalue weighted by Gasteiger charge is 2.50. The number of halogens is 1. The maximum Gasteiger partial charge on any atom is 0.0442 e. The number of hydrogen-bond donors (Lipinski definition) is 1. The monoisotopic (exact) mass is 239 g/mol. The Kier molecular flexibility index (Phi) is 2.20. The molecule has 1 aliphatic carbocycles. The van der Waals surface area contributed by atoms with Crippen LogP contribution < -0.4 is 5.73 Å². The maximum atomic E-state index is 6.26. The fourth-order valence-corrected chi connectivity index (χ4v) is 2.24. The van der Waals surface area contributed by atoms with Crippen LogP contribution in [0, 0.1) is 5.92 Å². The summed E-state index contributed by atoms with van der Waals surface area (Å²) < 4.78 is 1.12. The third-order valence-electron chi connectivity index (χ3n) is 3.03. The Morgan fingerprint density at radius 1 is 1.46 bits per heavy atom. The lowest BCUT2D eigenvalue weighted by Gasteiger charge is -2.11. The standard InChI is InChI=1S/C11H14BrN/c1-2-8-7-11(8,13)9-3-5-10(12)6-4-9/h3-6,8H,2,7,13H2,1H3. The maximum absolute atomic E-state index is 6.26. The molecule has 1 aromatic carbocycles. The van der Waals surface area contributed by atoms with Crippen LogP contribution in [0.2, 0.25) is 0 Å². The Bertz CT molecular complexity index is 306. The summed E-state index contributed by atoms with van der Waals surface area (Å²) in [5, 5.41) is 0. The van der Waals surface area contributed by atoms with Crippen molar-refractivity contribution < 1.29 is 0 Å². The fourth-order valence-electron chi connectivity index (χ4n) is 1.97. The van der Waals surface area contributed by atoms with Gasteiger partial charge in [-0.25, -0.2) is 0 Å². The van der Waals surface area contributed by atoms with Gasteiger partial charge < -0.3 is 5.73 Å². The molecule has 0 spiro atoms. The Labute approximate surface area is 87.5 Å². The van der Waals surface area contributed by atoms with Gasteiger partial charge in [0.1, 0.15) is 0 Å². The van der Waals surface area contributed by atoms with E-state index in [1.165, 1.54) is 12.0 Å². The number of benzene rings is 1. The van der Waals surface area contributed by atoms with Crippen LogP contribution in [0.4, 0.5) is 0 Å². The van der Waals surface area contributed by atoms with Crippen molar-refractivity contribution in [3.8, 4) is 0 Å². The van der Waals surface area contributed by atoms with E-state index in [-0.39, 0.29) is 5.54 Å². The predicted octanol–water partition coefficient (Wildman–Crippen LogP) is 3.03. The van der Waals surface area contributed by atoms with Crippen molar-refractivity contribution >= 4 is 15.9 Å². The molecule has 2 heteroatoms. The van der Waals surface area contributed by atoms with Crippen molar-refractivity contribution in [3.63, 3.8) is 0 Å². The van der Waals surface area contributed by atoms with Crippen molar-refractivity contribution in [2.75, 3.05) is 0 Å². The van der Waals surface area contributed by atoms with Crippen molar-refractivity contribution in [1.82, 2.24) is 0 Å². The molecule has 0 saturated heterocycles. The third-order valence-corrected chi connectivity index (χ3v) is 3.56. The minimum atomic E-state index is -0.0184. The molecule has 2 unspecified atom stereocenters. The van der Waals surface area contributed by atoms with E-state index in [4.69, 9.17) is 5.73 Å². The minimum absolute atomic E-state index is 0.0184. The summed E-state index contributed by atoms with van der Waals surface area (Å²) in [6.07, 6.45) is 2.33. The van der Waals surface area contributed by atoms with E-state index in [9.17, 15) is 0 Å². The lowest BCUT2D eigenvalue weighted by atomic mass is 10.0. The fraction of sp³-hybridized carbons (Fsp3) is 0.455. The molecule has 2 atom stereocenters. The quantitative estimate of drug-likeness (QED) is 0.844. The van der Waals surface area contributed by atoms with Crippen LogP contribution in [0.25, 0.3) is 0 Å². The van der Waals surface area contributed by atoms with Crippen LogP contribution in [0.5, 0.6) is 0 Å². The van der Waals surface area contributed by atoms with Crippen LogP contribution >= 0.6 is 15.9 Å². The molecule has 1 saturated carbocycles. The summed E-state index contributed by atoms with van der Waals surface area (Å²) in [5.74, 6) is 0.689. The van der Waals surface area contributed by atoms with Gasteiger partial charge in [-0.1, -0.05) is 41.4 Å². The van der Waals surface area contributed by atoms with Gasteiger partial charge >= 0.3 is 0 Å². The van der Waals surface area contributed by atoms with Gasteiger partial charge in [0.05, 0.1) is 0 Å². The Morgan fingerprint density at radius 3 is 2.54 bits per heavy atom. The molecule has 1 aromatic rings. The largest absolute Gasteiger partial charge is 0.321 e. The van der Waals surface area contributed by atoms with Gasteiger partial charge in [0.2, 0.25) is 0 Å². The first kappa shape index (κ1) is 9.22. The minimum Gasteiger partial charge on any atom is -0.321 e. The van der Waals surface area contributed by atoms with Gasteiger partial charge in [-0.15, -0.1) is 0 Å². The highest BCUT2D eigenvalue weighted by molar-refractivity contribution is 9.10. The average Bonchev–Trinajstić information content (AvgIpc) is 2.80. The molecule has 2 N–H and O–H groups in total. The average molecular weight is 240 g/mol. The summed E-state index contributed by atoms with van der Waals surface area (Å²) in [5.41, 5.74) is 7.52. The molecule has 2 rings (SSSR count). The molecule has 0 radical (unpaired) electrons. The lowest BCUT2D eigenvalue weighted by molar-refractivity contribution is 0.615. The van der Waals surface area contributed by atoms with Crippen LogP contribution in [-0.4, -0.2) is 0 Å². The second-order valence-electron chi connectivity index (χ2n) is 3.86. The second-order valence-corrected chi connectivity index (χ2v) is 4.77. The normalized spacial score (nSPS) is 31.8. The van der Waals surface area contributed by atoms with Gasteiger partial charge in [-0.3, -0.25) is 0 Å². The van der Waals surface area contributed by atoms with Crippen molar-refractivity contribution in [3.05, 3.63) is 34.3 Å². The molecule has 0 amide bonds. The summed E-state index contributed by atoms with van der Waals surface area (Å²) >= 11 is 3.42. The van der Waals surface area contributed by atoms with Crippen LogP contribution in [0.15, 0.2) is 28.7 Å². The van der Waals surface area contributed by atoms with Crippen LogP contribution in [0.3, 0.4) is 0 Å². The molecule has 13 heavy (non-hydrogen) atoms. The smallest absolute Gasteiger partial charge is 0.0442 e. The zero-order valence-electron chi connectivity index (χ0n) is 7.76. The number of hydrogen-bond acceptors (Lipinski definition) is 1. The van der Waals surface area contributed by atoms with Gasteiger partial charge in [0.25, 0.3) is 0 Å². The molecule has 0 aliphatic heterocycles. The first-order chi connectivity index (χ1) is 6.16. The summed E-state index contributed by atoms with van der Waals surface area (Å²) in [7, 11) is 0. The first-order valence-electron chi connectivity index (χ1n) is 4.71. The highest BCUT2D eigenvalue weighted by Crippen LogP contribution is 2.51. The van der Waals surface area contributed by atoms with Crippen molar-refractivity contribution in [2.24, 2.45) is 11.7 Å². The first-order valence-corrected chi connectivity index (χ1v) is 5.51. The zero-order chi connectivity index (χ0) is 9.47. The molecule has 1 nitrogen and oxygen atoms in total. The molecule has 70 valence electrons. The Morgan fingerprint density at radius 2 is 2.08 bits per heavy atom. The Balaban J connectivity index is 2.23. The van der Waals surface area contributed by atoms with E-state index < -0.39 is 0 Å². The predicted molar refractivity (Wildman–Crippen MR) is 58.4 cm³/mol. The molecule has 0 heterocycles. The van der Waals surface area contributed by atoms with Gasteiger partial charge in [-0.2, -0.15) is 0 Å². The molecule has 0 bridgehead atoms. The molecular weight excluding hydrogens is 226 g/mol. The van der Waals surface area contributed by atoms with E-state index in [1.54, 1.807) is 0 Å². The van der Waals surface area contributed by atoms with Gasteiger partial charge in [0, 0.05) is 10.0 Å². The van der Waals surface area contributed by atoms with Crippen LogP contribution in [0.1, 0.15) is 25.3 Å². The molecule has 1 aliphatic rings. The molecule has 0 aromatic heterocycles. The summed E-state index contributed by atoms with van der Waals surface area (Å²) in [4.78, 5) is 0. The SMILES string of the molecule is CCC1CC1(N)c1ccc(Br)cc1. The number of rotatable bonds is 2. The van der Waals surface area contributed by atoms with E-state index >= 15 is 0 Å². The van der Waals surface area contributed by atoms with E-state index in [0.29, 0.717) is 5.92 Å². The zero-order valence-corrected chi connectivity index (χ0v) is 9.34. The van der Waals surface area contributed by atoms with E-state index in [0.717, 1.165) is 10.9 Å². The van der Waals surface area contributed by atoms with E-state index in [1.807, 2.05) is 0 Å².